The van der Waals surface area contributed by atoms with Crippen LogP contribution in [0.15, 0.2) is 48.5 Å². The number of benzene rings is 2. The molecule has 0 aromatic heterocycles. The molecule has 35 heavy (non-hydrogen) atoms. The van der Waals surface area contributed by atoms with Crippen LogP contribution in [0.5, 0.6) is 0 Å². The van der Waals surface area contributed by atoms with Crippen molar-refractivity contribution in [1.82, 2.24) is 10.6 Å². The van der Waals surface area contributed by atoms with Crippen molar-refractivity contribution in [3.05, 3.63) is 59.7 Å². The maximum Gasteiger partial charge on any atom is 0.407 e. The minimum absolute atomic E-state index is 0.0823. The first-order valence-corrected chi connectivity index (χ1v) is 12.1. The Balaban J connectivity index is 1.69. The van der Waals surface area contributed by atoms with Gasteiger partial charge in [0.1, 0.15) is 12.6 Å². The molecule has 2 atom stereocenters. The third kappa shape index (κ3) is 5.50. The fourth-order valence-corrected chi connectivity index (χ4v) is 4.86. The number of hydrogen-bond donors (Lipinski definition) is 3. The lowest BCUT2D eigenvalue weighted by Crippen LogP contribution is -2.58. The van der Waals surface area contributed by atoms with E-state index in [2.05, 4.69) is 22.8 Å². The number of carbonyl (C=O) groups is 3. The highest BCUT2D eigenvalue weighted by Gasteiger charge is 2.41. The molecule has 2 amide bonds. The van der Waals surface area contributed by atoms with Gasteiger partial charge in [0.25, 0.3) is 0 Å². The Hall–Kier alpha value is -3.35. The first-order valence-electron chi connectivity index (χ1n) is 12.1. The van der Waals surface area contributed by atoms with Crippen molar-refractivity contribution < 1.29 is 24.2 Å². The predicted octanol–water partition coefficient (Wildman–Crippen LogP) is 4.80. The number of carboxylic acid groups (broad SMARTS) is 1. The van der Waals surface area contributed by atoms with Crippen molar-refractivity contribution in [3.63, 3.8) is 0 Å². The van der Waals surface area contributed by atoms with Gasteiger partial charge >= 0.3 is 12.1 Å². The number of rotatable bonds is 9. The number of carboxylic acids is 1. The maximum atomic E-state index is 13.1. The normalized spacial score (nSPS) is 14.7. The molecule has 1 aliphatic carbocycles. The van der Waals surface area contributed by atoms with Crippen LogP contribution in [0.3, 0.4) is 0 Å². The maximum absolute atomic E-state index is 13.1. The van der Waals surface area contributed by atoms with E-state index in [4.69, 9.17) is 4.74 Å². The van der Waals surface area contributed by atoms with Gasteiger partial charge in [0.05, 0.1) is 5.41 Å². The number of nitrogens with one attached hydrogen (secondary N) is 2. The van der Waals surface area contributed by atoms with Gasteiger partial charge in [-0.1, -0.05) is 76.2 Å². The summed E-state index contributed by atoms with van der Waals surface area (Å²) in [6.07, 6.45) is -0.681. The number of aliphatic carboxylic acids is 1. The van der Waals surface area contributed by atoms with E-state index in [1.54, 1.807) is 13.8 Å². The van der Waals surface area contributed by atoms with E-state index >= 15 is 0 Å². The molecule has 0 spiro atoms. The molecule has 0 saturated carbocycles. The van der Waals surface area contributed by atoms with Crippen LogP contribution in [0, 0.1) is 17.3 Å². The molecule has 2 aromatic carbocycles. The highest BCUT2D eigenvalue weighted by atomic mass is 16.5. The largest absolute Gasteiger partial charge is 0.481 e. The third-order valence-corrected chi connectivity index (χ3v) is 6.86. The number of amides is 2. The van der Waals surface area contributed by atoms with E-state index in [9.17, 15) is 19.5 Å². The Morgan fingerprint density at radius 1 is 0.886 bits per heavy atom. The standard InChI is InChI=1S/C28H36N2O5/c1-16(2)23(25(31)30-24(17(3)4)28(5,6)26(32)33)29-27(34)35-15-22-20-13-9-7-11-18(20)19-12-8-10-14-21(19)22/h7-14,16-17,22-24H,15H2,1-6H3,(H,29,34)(H,30,31)(H,32,33)/t23-,24?/m0/s1. The summed E-state index contributed by atoms with van der Waals surface area (Å²) in [5.74, 6) is -1.85. The highest BCUT2D eigenvalue weighted by Crippen LogP contribution is 2.44. The molecule has 3 rings (SSSR count). The van der Waals surface area contributed by atoms with Gasteiger partial charge < -0.3 is 20.5 Å². The van der Waals surface area contributed by atoms with Gasteiger partial charge in [0.2, 0.25) is 5.91 Å². The second kappa shape index (κ2) is 10.5. The van der Waals surface area contributed by atoms with Crippen molar-refractivity contribution >= 4 is 18.0 Å². The Morgan fingerprint density at radius 2 is 1.40 bits per heavy atom. The third-order valence-electron chi connectivity index (χ3n) is 6.86. The molecule has 0 heterocycles. The van der Waals surface area contributed by atoms with E-state index in [0.29, 0.717) is 0 Å². The smallest absolute Gasteiger partial charge is 0.407 e. The average Bonchev–Trinajstić information content (AvgIpc) is 3.12. The van der Waals surface area contributed by atoms with Crippen LogP contribution in [-0.4, -0.2) is 41.8 Å². The molecule has 0 bridgehead atoms. The Morgan fingerprint density at radius 3 is 1.86 bits per heavy atom. The van der Waals surface area contributed by atoms with Crippen molar-refractivity contribution in [3.8, 4) is 11.1 Å². The highest BCUT2D eigenvalue weighted by molar-refractivity contribution is 5.87. The lowest BCUT2D eigenvalue weighted by molar-refractivity contribution is -0.150. The minimum atomic E-state index is -1.17. The van der Waals surface area contributed by atoms with Gasteiger partial charge in [-0.25, -0.2) is 4.79 Å². The molecule has 1 unspecified atom stereocenters. The summed E-state index contributed by atoms with van der Waals surface area (Å²) < 4.78 is 5.60. The van der Waals surface area contributed by atoms with E-state index in [-0.39, 0.29) is 24.4 Å². The molecule has 0 radical (unpaired) electrons. The molecule has 0 aliphatic heterocycles. The van der Waals surface area contributed by atoms with E-state index in [1.807, 2.05) is 64.1 Å². The Bertz CT molecular complexity index is 1050. The van der Waals surface area contributed by atoms with Crippen LogP contribution in [0.25, 0.3) is 11.1 Å². The van der Waals surface area contributed by atoms with Crippen LogP contribution in [0.2, 0.25) is 0 Å². The van der Waals surface area contributed by atoms with Gasteiger partial charge in [-0.05, 0) is 47.9 Å². The first kappa shape index (κ1) is 26.3. The van der Waals surface area contributed by atoms with Crippen LogP contribution < -0.4 is 10.6 Å². The van der Waals surface area contributed by atoms with E-state index in [0.717, 1.165) is 22.3 Å². The van der Waals surface area contributed by atoms with Gasteiger partial charge in [0, 0.05) is 12.0 Å². The molecule has 188 valence electrons. The zero-order valence-electron chi connectivity index (χ0n) is 21.3. The molecular weight excluding hydrogens is 444 g/mol. The van der Waals surface area contributed by atoms with Crippen LogP contribution >= 0.6 is 0 Å². The zero-order chi connectivity index (χ0) is 25.9. The molecule has 1 aliphatic rings. The lowest BCUT2D eigenvalue weighted by atomic mass is 9.78. The van der Waals surface area contributed by atoms with Gasteiger partial charge in [-0.2, -0.15) is 0 Å². The monoisotopic (exact) mass is 480 g/mol. The van der Waals surface area contributed by atoms with Crippen molar-refractivity contribution in [2.24, 2.45) is 17.3 Å². The summed E-state index contributed by atoms with van der Waals surface area (Å²) in [7, 11) is 0. The predicted molar refractivity (Wildman–Crippen MR) is 135 cm³/mol. The van der Waals surface area contributed by atoms with Crippen molar-refractivity contribution in [2.45, 2.75) is 59.5 Å². The van der Waals surface area contributed by atoms with Gasteiger partial charge in [-0.3, -0.25) is 9.59 Å². The summed E-state index contributed by atoms with van der Waals surface area (Å²) in [5, 5.41) is 15.2. The van der Waals surface area contributed by atoms with E-state index in [1.165, 1.54) is 0 Å². The number of ether oxygens (including phenoxy) is 1. The van der Waals surface area contributed by atoms with Crippen molar-refractivity contribution in [1.29, 1.82) is 0 Å². The van der Waals surface area contributed by atoms with Crippen LogP contribution in [-0.2, 0) is 14.3 Å². The summed E-state index contributed by atoms with van der Waals surface area (Å²) in [5.41, 5.74) is 3.31. The number of alkyl carbamates (subject to hydrolysis) is 1. The Kier molecular flexibility index (Phi) is 7.88. The lowest BCUT2D eigenvalue weighted by Gasteiger charge is -2.35. The van der Waals surface area contributed by atoms with Crippen LogP contribution in [0.4, 0.5) is 4.79 Å². The number of fused-ring (bicyclic) bond motifs is 3. The number of carbonyl (C=O) groups excluding carboxylic acids is 2. The van der Waals surface area contributed by atoms with E-state index < -0.39 is 35.5 Å². The molecule has 7 heteroatoms. The number of hydrogen-bond acceptors (Lipinski definition) is 4. The molecular formula is C28H36N2O5. The molecule has 7 nitrogen and oxygen atoms in total. The Labute approximate surface area is 207 Å². The fraction of sp³-hybridized carbons (Fsp3) is 0.464. The quantitative estimate of drug-likeness (QED) is 0.478. The van der Waals surface area contributed by atoms with Crippen LogP contribution in [0.1, 0.15) is 58.6 Å². The SMILES string of the molecule is CC(C)C(NC(=O)[C@@H](NC(=O)OCC1c2ccccc2-c2ccccc21)C(C)C)C(C)(C)C(=O)O. The van der Waals surface area contributed by atoms with Gasteiger partial charge in [0.15, 0.2) is 0 Å². The molecule has 2 aromatic rings. The molecule has 3 N–H and O–H groups in total. The second-order valence-electron chi connectivity index (χ2n) is 10.4. The van der Waals surface area contributed by atoms with Gasteiger partial charge in [-0.15, -0.1) is 0 Å². The summed E-state index contributed by atoms with van der Waals surface area (Å²) in [6.45, 7) is 10.7. The minimum Gasteiger partial charge on any atom is -0.481 e. The zero-order valence-corrected chi connectivity index (χ0v) is 21.3. The summed E-state index contributed by atoms with van der Waals surface area (Å²) in [6, 6.07) is 14.7. The fourth-order valence-electron chi connectivity index (χ4n) is 4.86. The second-order valence-corrected chi connectivity index (χ2v) is 10.4. The van der Waals surface area contributed by atoms with Crippen molar-refractivity contribution in [2.75, 3.05) is 6.61 Å². The topological polar surface area (TPSA) is 105 Å². The summed E-state index contributed by atoms with van der Waals surface area (Å²) in [4.78, 5) is 37.7. The molecule has 0 fully saturated rings. The average molecular weight is 481 g/mol. The first-order chi connectivity index (χ1) is 16.4. The summed E-state index contributed by atoms with van der Waals surface area (Å²) >= 11 is 0. The molecule has 0 saturated heterocycles.